The van der Waals surface area contributed by atoms with Gasteiger partial charge in [0.1, 0.15) is 60.7 Å². The van der Waals surface area contributed by atoms with E-state index in [4.69, 9.17) is 28.7 Å². The number of nitrogens with zero attached hydrogens (tertiary/aromatic N) is 4. The van der Waals surface area contributed by atoms with Gasteiger partial charge in [0, 0.05) is 34.0 Å². The molecule has 2 aliphatic heterocycles. The molecule has 0 amide bonds. The van der Waals surface area contributed by atoms with Gasteiger partial charge in [-0.2, -0.15) is 0 Å². The molecule has 0 radical (unpaired) electrons. The Morgan fingerprint density at radius 3 is 1.50 bits per heavy atom. The summed E-state index contributed by atoms with van der Waals surface area (Å²) in [5.41, 5.74) is 11.2. The van der Waals surface area contributed by atoms with E-state index in [1.54, 1.807) is 6.07 Å². The average Bonchev–Trinajstić information content (AvgIpc) is 3.75. The first-order valence-corrected chi connectivity index (χ1v) is 25.8. The van der Waals surface area contributed by atoms with E-state index in [1.165, 1.54) is 62.5 Å². The molecule has 72 heavy (non-hydrogen) atoms. The second-order valence-corrected chi connectivity index (χ2v) is 19.2. The summed E-state index contributed by atoms with van der Waals surface area (Å²) in [6, 6.07) is 40.0. The van der Waals surface area contributed by atoms with Gasteiger partial charge in [-0.25, -0.2) is 19.6 Å². The molecule has 1 N–H and O–H groups in total. The lowest BCUT2D eigenvalue weighted by Crippen LogP contribution is -2.10. The molecular weight excluding hydrogens is 905 g/mol. The maximum atomic E-state index is 12.5. The average molecular weight is 965 g/mol. The normalized spacial score (nSPS) is 15.5. The number of benzene rings is 4. The van der Waals surface area contributed by atoms with Crippen molar-refractivity contribution in [2.75, 3.05) is 19.8 Å². The van der Waals surface area contributed by atoms with Crippen LogP contribution >= 0.6 is 0 Å². The number of pyridine rings is 2. The van der Waals surface area contributed by atoms with Gasteiger partial charge in [-0.3, -0.25) is 0 Å². The van der Waals surface area contributed by atoms with Crippen LogP contribution < -0.4 is 18.9 Å². The Morgan fingerprint density at radius 2 is 1.04 bits per heavy atom. The van der Waals surface area contributed by atoms with Gasteiger partial charge in [-0.05, 0) is 115 Å². The van der Waals surface area contributed by atoms with E-state index in [0.29, 0.717) is 63.7 Å². The Labute approximate surface area is 419 Å². The minimum atomic E-state index is -1.01. The molecule has 2 fully saturated rings. The SMILES string of the molecule is CCOC(=O)c1ccc2c(C3CCCCC3)c3n(c2n1)CCOc1cc(OCc2ccccc2)ccc1-3.O=C(O)c1ccc2c(C3CCCCC3)c3n(c2n1)CCOc1cc(OCc2ccccc2)ccc1-3. The number of aromatic nitrogens is 4. The van der Waals surface area contributed by atoms with Gasteiger partial charge in [-0.1, -0.05) is 99.2 Å². The summed E-state index contributed by atoms with van der Waals surface area (Å²) in [6.45, 7) is 5.41. The molecule has 12 nitrogen and oxygen atoms in total. The number of ether oxygens (including phenoxy) is 5. The zero-order valence-electron chi connectivity index (χ0n) is 40.8. The van der Waals surface area contributed by atoms with Crippen molar-refractivity contribution in [1.29, 1.82) is 0 Å². The van der Waals surface area contributed by atoms with Gasteiger partial charge < -0.3 is 37.9 Å². The van der Waals surface area contributed by atoms with E-state index >= 15 is 0 Å². The molecular formula is C60H60N4O8. The second-order valence-electron chi connectivity index (χ2n) is 19.2. The fourth-order valence-corrected chi connectivity index (χ4v) is 11.3. The van der Waals surface area contributed by atoms with Crippen LogP contribution in [0.3, 0.4) is 0 Å². The largest absolute Gasteiger partial charge is 0.491 e. The number of carbonyl (C=O) groups is 2. The zero-order valence-corrected chi connectivity index (χ0v) is 40.8. The van der Waals surface area contributed by atoms with E-state index in [-0.39, 0.29) is 11.7 Å². The minimum absolute atomic E-state index is 0.0723. The summed E-state index contributed by atoms with van der Waals surface area (Å²) in [5.74, 6) is 2.68. The summed E-state index contributed by atoms with van der Waals surface area (Å²) in [5, 5.41) is 11.8. The first-order valence-electron chi connectivity index (χ1n) is 25.8. The lowest BCUT2D eigenvalue weighted by atomic mass is 9.82. The van der Waals surface area contributed by atoms with Crippen LogP contribution in [0.15, 0.2) is 121 Å². The maximum absolute atomic E-state index is 12.5. The van der Waals surface area contributed by atoms with Crippen molar-refractivity contribution in [2.45, 2.75) is 109 Å². The van der Waals surface area contributed by atoms with Crippen molar-refractivity contribution >= 4 is 34.0 Å². The topological polar surface area (TPSA) is 136 Å². The molecule has 12 heteroatoms. The number of fused-ring (bicyclic) bond motifs is 10. The van der Waals surface area contributed by atoms with Crippen molar-refractivity contribution < 1.29 is 38.4 Å². The first kappa shape index (κ1) is 46.8. The highest BCUT2D eigenvalue weighted by atomic mass is 16.5. The van der Waals surface area contributed by atoms with Crippen LogP contribution in [0.1, 0.15) is 126 Å². The van der Waals surface area contributed by atoms with Crippen molar-refractivity contribution in [2.24, 2.45) is 0 Å². The zero-order chi connectivity index (χ0) is 49.0. The van der Waals surface area contributed by atoms with E-state index < -0.39 is 5.97 Å². The van der Waals surface area contributed by atoms with Crippen molar-refractivity contribution in [1.82, 2.24) is 19.1 Å². The predicted octanol–water partition coefficient (Wildman–Crippen LogP) is 13.3. The van der Waals surface area contributed by atoms with Gasteiger partial charge in [-0.15, -0.1) is 0 Å². The summed E-state index contributed by atoms with van der Waals surface area (Å²) >= 11 is 0. The molecule has 4 aromatic carbocycles. The van der Waals surface area contributed by atoms with Crippen LogP contribution in [0.25, 0.3) is 44.6 Å². The van der Waals surface area contributed by atoms with Crippen LogP contribution in [-0.2, 0) is 31.0 Å². The highest BCUT2D eigenvalue weighted by Crippen LogP contribution is 2.49. The van der Waals surface area contributed by atoms with Crippen molar-refractivity contribution in [3.05, 3.63) is 155 Å². The Balaban J connectivity index is 0.000000156. The van der Waals surface area contributed by atoms with Crippen LogP contribution in [-0.4, -0.2) is 56.0 Å². The summed E-state index contributed by atoms with van der Waals surface area (Å²) in [6.07, 6.45) is 12.1. The number of hydrogen-bond acceptors (Lipinski definition) is 9. The van der Waals surface area contributed by atoms with Gasteiger partial charge in [0.05, 0.1) is 31.1 Å². The fraction of sp³-hybridized carbons (Fsp3) is 0.333. The smallest absolute Gasteiger partial charge is 0.356 e. The third kappa shape index (κ3) is 9.50. The summed E-state index contributed by atoms with van der Waals surface area (Å²) < 4.78 is 34.3. The highest BCUT2D eigenvalue weighted by molar-refractivity contribution is 5.97. The van der Waals surface area contributed by atoms with E-state index in [9.17, 15) is 14.7 Å². The van der Waals surface area contributed by atoms with E-state index in [0.717, 1.165) is 91.5 Å². The second kappa shape index (κ2) is 21.0. The van der Waals surface area contributed by atoms with Crippen LogP contribution in [0.5, 0.6) is 23.0 Å². The molecule has 0 atom stereocenters. The van der Waals surface area contributed by atoms with Crippen LogP contribution in [0, 0.1) is 0 Å². The standard InChI is InChI=1S/C31H32N2O4.C29H28N2O4/c1-2-35-31(34)26-16-15-25-28(22-11-7-4-8-12-22)29-24-14-13-23(37-20-21-9-5-3-6-10-21)19-27(24)36-18-17-33(29)30(25)32-26;32-29(33)24-14-13-23-26(20-9-5-2-6-10-20)27-22-12-11-21(35-18-19-7-3-1-4-8-19)17-25(22)34-16-15-31(27)28(23)30-24/h3,5-6,9-10,13-16,19,22H,2,4,7-8,11-12,17-18,20H2,1H3;1,3-4,7-8,11-14,17,20H,2,5-6,9-10,15-16,18H2,(H,32,33). The molecule has 12 rings (SSSR count). The number of hydrogen-bond donors (Lipinski definition) is 1. The molecule has 0 bridgehead atoms. The lowest BCUT2D eigenvalue weighted by molar-refractivity contribution is 0.0519. The number of esters is 1. The summed E-state index contributed by atoms with van der Waals surface area (Å²) in [7, 11) is 0. The molecule has 8 aromatic rings. The number of rotatable bonds is 11. The Morgan fingerprint density at radius 1 is 0.583 bits per heavy atom. The van der Waals surface area contributed by atoms with E-state index in [2.05, 4.69) is 44.5 Å². The number of carboxylic acid groups (broad SMARTS) is 1. The monoisotopic (exact) mass is 964 g/mol. The molecule has 6 heterocycles. The molecule has 4 aromatic heterocycles. The van der Waals surface area contributed by atoms with Gasteiger partial charge in [0.25, 0.3) is 0 Å². The number of carboxylic acids is 1. The highest BCUT2D eigenvalue weighted by Gasteiger charge is 2.32. The molecule has 0 unspecified atom stereocenters. The minimum Gasteiger partial charge on any atom is -0.491 e. The predicted molar refractivity (Wildman–Crippen MR) is 277 cm³/mol. The Hall–Kier alpha value is -7.60. The van der Waals surface area contributed by atoms with Crippen LogP contribution in [0.4, 0.5) is 0 Å². The third-order valence-electron chi connectivity index (χ3n) is 14.7. The maximum Gasteiger partial charge on any atom is 0.356 e. The van der Waals surface area contributed by atoms with E-state index in [1.807, 2.05) is 91.9 Å². The Bertz CT molecular complexity index is 3240. The molecule has 2 aliphatic carbocycles. The summed E-state index contributed by atoms with van der Waals surface area (Å²) in [4.78, 5) is 33.6. The third-order valence-corrected chi connectivity index (χ3v) is 14.7. The molecule has 4 aliphatic rings. The van der Waals surface area contributed by atoms with Crippen molar-refractivity contribution in [3.63, 3.8) is 0 Å². The van der Waals surface area contributed by atoms with Gasteiger partial charge in [0.2, 0.25) is 0 Å². The molecule has 0 saturated heterocycles. The quantitative estimate of drug-likeness (QED) is 0.125. The van der Waals surface area contributed by atoms with Crippen molar-refractivity contribution in [3.8, 4) is 45.5 Å². The lowest BCUT2D eigenvalue weighted by Gasteiger charge is -2.23. The Kier molecular flexibility index (Phi) is 13.6. The first-order chi connectivity index (χ1) is 35.4. The van der Waals surface area contributed by atoms with Crippen LogP contribution in [0.2, 0.25) is 0 Å². The van der Waals surface area contributed by atoms with Gasteiger partial charge >= 0.3 is 11.9 Å². The molecule has 0 spiro atoms. The van der Waals surface area contributed by atoms with Gasteiger partial charge in [0.15, 0.2) is 11.4 Å². The molecule has 2 saturated carbocycles. The molecule has 368 valence electrons. The number of carbonyl (C=O) groups excluding carboxylic acids is 1. The fourth-order valence-electron chi connectivity index (χ4n) is 11.3. The number of aromatic carboxylic acids is 1.